The van der Waals surface area contributed by atoms with E-state index in [9.17, 15) is 4.79 Å². The summed E-state index contributed by atoms with van der Waals surface area (Å²) in [5, 5.41) is 2.95. The van der Waals surface area contributed by atoms with E-state index in [1.165, 1.54) is 0 Å². The van der Waals surface area contributed by atoms with Gasteiger partial charge in [-0.1, -0.05) is 0 Å². The van der Waals surface area contributed by atoms with Crippen LogP contribution in [0.1, 0.15) is 54.2 Å². The summed E-state index contributed by atoms with van der Waals surface area (Å²) < 4.78 is 7.53. The summed E-state index contributed by atoms with van der Waals surface area (Å²) in [4.78, 5) is 19.2. The van der Waals surface area contributed by atoms with E-state index >= 15 is 0 Å². The van der Waals surface area contributed by atoms with Crippen molar-refractivity contribution in [1.82, 2.24) is 19.8 Å². The number of hydrogen-bond acceptors (Lipinski definition) is 4. The first kappa shape index (κ1) is 17.9. The molecule has 1 aliphatic rings. The van der Waals surface area contributed by atoms with Gasteiger partial charge in [-0.15, -0.1) is 0 Å². The number of likely N-dealkylation sites (tertiary alicyclic amines) is 1. The van der Waals surface area contributed by atoms with Crippen LogP contribution in [-0.4, -0.2) is 60.3 Å². The van der Waals surface area contributed by atoms with Crippen LogP contribution in [0.3, 0.4) is 0 Å². The van der Waals surface area contributed by atoms with Crippen molar-refractivity contribution in [3.8, 4) is 0 Å². The number of nitrogens with one attached hydrogen (secondary N) is 1. The SMILES string of the molecule is CCOCCCNC(=O)c1nc(C)n(C2CCN(C)CC2)c1C. The second-order valence-electron chi connectivity index (χ2n) is 6.30. The lowest BCUT2D eigenvalue weighted by Gasteiger charge is -2.31. The molecule has 1 fully saturated rings. The molecular weight excluding hydrogens is 292 g/mol. The summed E-state index contributed by atoms with van der Waals surface area (Å²) in [5.41, 5.74) is 1.55. The van der Waals surface area contributed by atoms with Gasteiger partial charge in [0.15, 0.2) is 0 Å². The molecule has 6 heteroatoms. The molecule has 23 heavy (non-hydrogen) atoms. The molecule has 0 bridgehead atoms. The highest BCUT2D eigenvalue weighted by molar-refractivity contribution is 5.93. The van der Waals surface area contributed by atoms with E-state index in [0.717, 1.165) is 43.9 Å². The molecule has 6 nitrogen and oxygen atoms in total. The fourth-order valence-corrected chi connectivity index (χ4v) is 3.26. The predicted octanol–water partition coefficient (Wildman–Crippen LogP) is 1.92. The second-order valence-corrected chi connectivity index (χ2v) is 6.30. The Labute approximate surface area is 139 Å². The molecule has 0 aromatic carbocycles. The van der Waals surface area contributed by atoms with Crippen LogP contribution in [0.5, 0.6) is 0 Å². The Morgan fingerprint density at radius 1 is 1.35 bits per heavy atom. The minimum atomic E-state index is -0.0752. The van der Waals surface area contributed by atoms with Crippen LogP contribution in [0.25, 0.3) is 0 Å². The lowest BCUT2D eigenvalue weighted by molar-refractivity contribution is 0.0938. The second kappa shape index (κ2) is 8.45. The highest BCUT2D eigenvalue weighted by Crippen LogP contribution is 2.26. The third-order valence-electron chi connectivity index (χ3n) is 4.55. The topological polar surface area (TPSA) is 59.4 Å². The zero-order valence-corrected chi connectivity index (χ0v) is 14.9. The Balaban J connectivity index is 1.98. The van der Waals surface area contributed by atoms with Crippen LogP contribution < -0.4 is 5.32 Å². The number of carbonyl (C=O) groups is 1. The number of imidazole rings is 1. The Hall–Kier alpha value is -1.40. The van der Waals surface area contributed by atoms with Crippen LogP contribution in [-0.2, 0) is 4.74 Å². The molecule has 0 unspecified atom stereocenters. The summed E-state index contributed by atoms with van der Waals surface area (Å²) in [7, 11) is 2.16. The van der Waals surface area contributed by atoms with Gasteiger partial charge in [-0.05, 0) is 60.2 Å². The van der Waals surface area contributed by atoms with Crippen molar-refractivity contribution in [1.29, 1.82) is 0 Å². The minimum Gasteiger partial charge on any atom is -0.382 e. The first-order chi connectivity index (χ1) is 11.0. The molecule has 130 valence electrons. The van der Waals surface area contributed by atoms with Crippen molar-refractivity contribution >= 4 is 5.91 Å². The quantitative estimate of drug-likeness (QED) is 0.779. The maximum absolute atomic E-state index is 12.4. The van der Waals surface area contributed by atoms with Crippen molar-refractivity contribution in [3.63, 3.8) is 0 Å². The molecule has 1 aromatic heterocycles. The zero-order chi connectivity index (χ0) is 16.8. The van der Waals surface area contributed by atoms with Crippen molar-refractivity contribution in [2.45, 2.75) is 46.1 Å². The number of ether oxygens (including phenoxy) is 1. The first-order valence-electron chi connectivity index (χ1n) is 8.64. The number of hydrogen-bond donors (Lipinski definition) is 1. The standard InChI is InChI=1S/C17H30N4O2/c1-5-23-12-6-9-18-17(22)16-13(2)21(14(3)19-16)15-7-10-20(4)11-8-15/h15H,5-12H2,1-4H3,(H,18,22). The molecule has 1 N–H and O–H groups in total. The van der Waals surface area contributed by atoms with Crippen LogP contribution in [0, 0.1) is 13.8 Å². The number of amides is 1. The average Bonchev–Trinajstić information content (AvgIpc) is 2.83. The van der Waals surface area contributed by atoms with Gasteiger partial charge in [0.05, 0.1) is 0 Å². The van der Waals surface area contributed by atoms with Gasteiger partial charge >= 0.3 is 0 Å². The smallest absolute Gasteiger partial charge is 0.271 e. The lowest BCUT2D eigenvalue weighted by Crippen LogP contribution is -2.32. The number of rotatable bonds is 7. The molecule has 2 rings (SSSR count). The van der Waals surface area contributed by atoms with Gasteiger partial charge < -0.3 is 19.5 Å². The van der Waals surface area contributed by atoms with E-state index in [1.807, 2.05) is 20.8 Å². The van der Waals surface area contributed by atoms with Crippen LogP contribution >= 0.6 is 0 Å². The van der Waals surface area contributed by atoms with E-state index in [1.54, 1.807) is 0 Å². The molecule has 0 saturated carbocycles. The van der Waals surface area contributed by atoms with E-state index in [0.29, 0.717) is 31.5 Å². The third-order valence-corrected chi connectivity index (χ3v) is 4.55. The summed E-state index contributed by atoms with van der Waals surface area (Å²) in [6, 6.07) is 0.457. The van der Waals surface area contributed by atoms with Gasteiger partial charge in [-0.2, -0.15) is 0 Å². The summed E-state index contributed by atoms with van der Waals surface area (Å²) >= 11 is 0. The summed E-state index contributed by atoms with van der Waals surface area (Å²) in [6.45, 7) is 10.2. The molecule has 1 aliphatic heterocycles. The van der Waals surface area contributed by atoms with E-state index in [-0.39, 0.29) is 5.91 Å². The van der Waals surface area contributed by atoms with E-state index in [2.05, 4.69) is 26.8 Å². The Morgan fingerprint density at radius 2 is 2.04 bits per heavy atom. The van der Waals surface area contributed by atoms with Crippen molar-refractivity contribution in [3.05, 3.63) is 17.2 Å². The highest BCUT2D eigenvalue weighted by Gasteiger charge is 2.25. The van der Waals surface area contributed by atoms with Crippen LogP contribution in [0.4, 0.5) is 0 Å². The molecule has 0 atom stereocenters. The zero-order valence-electron chi connectivity index (χ0n) is 14.9. The molecule has 1 aromatic rings. The fourth-order valence-electron chi connectivity index (χ4n) is 3.26. The number of nitrogens with zero attached hydrogens (tertiary/aromatic N) is 3. The lowest BCUT2D eigenvalue weighted by atomic mass is 10.0. The maximum Gasteiger partial charge on any atom is 0.271 e. The molecule has 0 aliphatic carbocycles. The minimum absolute atomic E-state index is 0.0752. The highest BCUT2D eigenvalue weighted by atomic mass is 16.5. The number of piperidine rings is 1. The van der Waals surface area contributed by atoms with Gasteiger partial charge in [0.2, 0.25) is 0 Å². The molecule has 0 spiro atoms. The molecule has 1 amide bonds. The van der Waals surface area contributed by atoms with Crippen molar-refractivity contribution < 1.29 is 9.53 Å². The maximum atomic E-state index is 12.4. The Morgan fingerprint density at radius 3 is 2.70 bits per heavy atom. The molecular formula is C17H30N4O2. The molecule has 0 radical (unpaired) electrons. The number of aromatic nitrogens is 2. The van der Waals surface area contributed by atoms with Crippen LogP contribution in [0.15, 0.2) is 0 Å². The monoisotopic (exact) mass is 322 g/mol. The predicted molar refractivity (Wildman–Crippen MR) is 90.9 cm³/mol. The first-order valence-corrected chi connectivity index (χ1v) is 8.64. The number of carbonyl (C=O) groups excluding carboxylic acids is 1. The van der Waals surface area contributed by atoms with Crippen molar-refractivity contribution in [2.24, 2.45) is 0 Å². The van der Waals surface area contributed by atoms with E-state index < -0.39 is 0 Å². The summed E-state index contributed by atoms with van der Waals surface area (Å²) in [6.07, 6.45) is 3.06. The molecule has 1 saturated heterocycles. The van der Waals surface area contributed by atoms with Gasteiger partial charge in [-0.25, -0.2) is 4.98 Å². The van der Waals surface area contributed by atoms with Gasteiger partial charge in [0.1, 0.15) is 11.5 Å². The molecule has 2 heterocycles. The normalized spacial score (nSPS) is 16.7. The van der Waals surface area contributed by atoms with Crippen molar-refractivity contribution in [2.75, 3.05) is 39.9 Å². The third kappa shape index (κ3) is 4.54. The van der Waals surface area contributed by atoms with Gasteiger partial charge in [0, 0.05) is 31.5 Å². The largest absolute Gasteiger partial charge is 0.382 e. The summed E-state index contributed by atoms with van der Waals surface area (Å²) in [5.74, 6) is 0.866. The Kier molecular flexibility index (Phi) is 6.59. The van der Waals surface area contributed by atoms with Crippen LogP contribution in [0.2, 0.25) is 0 Å². The Bertz CT molecular complexity index is 519. The number of aryl methyl sites for hydroxylation is 1. The van der Waals surface area contributed by atoms with Gasteiger partial charge in [0.25, 0.3) is 5.91 Å². The van der Waals surface area contributed by atoms with Gasteiger partial charge in [-0.3, -0.25) is 4.79 Å². The average molecular weight is 322 g/mol. The fraction of sp³-hybridized carbons (Fsp3) is 0.765. The van der Waals surface area contributed by atoms with E-state index in [4.69, 9.17) is 4.74 Å².